The molecule has 1 heterocycles. The van der Waals surface area contributed by atoms with Gasteiger partial charge in [-0.2, -0.15) is 8.42 Å². The lowest BCUT2D eigenvalue weighted by Gasteiger charge is -2.14. The lowest BCUT2D eigenvalue weighted by atomic mass is 10.1. The Labute approximate surface area is 156 Å². The molecule has 1 unspecified atom stereocenters. The van der Waals surface area contributed by atoms with Crippen molar-refractivity contribution in [3.8, 4) is 0 Å². The van der Waals surface area contributed by atoms with Crippen LogP contribution in [0.5, 0.6) is 0 Å². The Balaban J connectivity index is 1.36. The normalized spacial score (nSPS) is 20.7. The highest BCUT2D eigenvalue weighted by Gasteiger charge is 2.37. The van der Waals surface area contributed by atoms with Crippen LogP contribution in [0.4, 0.5) is 0 Å². The number of unbranched alkanes of at least 4 members (excludes halogenated alkanes) is 1. The van der Waals surface area contributed by atoms with Crippen molar-refractivity contribution in [2.75, 3.05) is 13.2 Å². The van der Waals surface area contributed by atoms with Gasteiger partial charge in [0.25, 0.3) is 10.1 Å². The van der Waals surface area contributed by atoms with Crippen LogP contribution in [-0.4, -0.2) is 32.5 Å². The molecular weight excluding hydrogens is 346 g/mol. The molecule has 4 nitrogen and oxygen atoms in total. The van der Waals surface area contributed by atoms with Crippen molar-refractivity contribution in [2.45, 2.75) is 50.1 Å². The van der Waals surface area contributed by atoms with E-state index in [0.29, 0.717) is 12.1 Å². The molecular formula is C21H27NO3S. The molecule has 0 aliphatic carbocycles. The minimum Gasteiger partial charge on any atom is -0.291 e. The molecule has 2 aromatic carbocycles. The third-order valence-corrected chi connectivity index (χ3v) is 6.34. The molecule has 0 amide bonds. The summed E-state index contributed by atoms with van der Waals surface area (Å²) < 4.78 is 29.4. The first-order chi connectivity index (χ1) is 12.5. The van der Waals surface area contributed by atoms with Crippen molar-refractivity contribution in [3.63, 3.8) is 0 Å². The molecule has 1 saturated heterocycles. The number of rotatable bonds is 9. The van der Waals surface area contributed by atoms with Gasteiger partial charge in [0.1, 0.15) is 0 Å². The van der Waals surface area contributed by atoms with Crippen molar-refractivity contribution in [3.05, 3.63) is 65.7 Å². The molecule has 1 aliphatic heterocycles. The quantitative estimate of drug-likeness (QED) is 0.373. The highest BCUT2D eigenvalue weighted by molar-refractivity contribution is 7.86. The van der Waals surface area contributed by atoms with Crippen molar-refractivity contribution in [2.24, 2.45) is 0 Å². The van der Waals surface area contributed by atoms with E-state index in [1.165, 1.54) is 5.56 Å². The molecule has 1 fully saturated rings. The molecule has 0 bridgehead atoms. The Hall–Kier alpha value is -1.69. The summed E-state index contributed by atoms with van der Waals surface area (Å²) in [6.07, 6.45) is 2.83. The largest absolute Gasteiger partial charge is 0.296 e. The second-order valence-electron chi connectivity index (χ2n) is 7.02. The Morgan fingerprint density at radius 3 is 2.46 bits per heavy atom. The van der Waals surface area contributed by atoms with E-state index >= 15 is 0 Å². The van der Waals surface area contributed by atoms with Gasteiger partial charge in [-0.3, -0.25) is 9.08 Å². The zero-order valence-corrected chi connectivity index (χ0v) is 16.3. The standard InChI is InChI=1S/C21H27NO3S/c1-17-11-13-21(14-12-17)26(23,24)25-15-7-6-10-20-16-22(20)18(2)19-8-4-3-5-9-19/h3-5,8-9,11-14,18,20H,6-7,10,15-16H2,1-2H3/t18-,20-,22?/m1/s1. The fraction of sp³-hybridized carbons (Fsp3) is 0.429. The van der Waals surface area contributed by atoms with Gasteiger partial charge in [0.05, 0.1) is 11.5 Å². The molecule has 26 heavy (non-hydrogen) atoms. The topological polar surface area (TPSA) is 46.4 Å². The van der Waals surface area contributed by atoms with Crippen molar-refractivity contribution >= 4 is 10.1 Å². The summed E-state index contributed by atoms with van der Waals surface area (Å²) in [6.45, 7) is 5.54. The van der Waals surface area contributed by atoms with E-state index in [4.69, 9.17) is 4.18 Å². The van der Waals surface area contributed by atoms with Crippen LogP contribution < -0.4 is 0 Å². The number of aryl methyl sites for hydroxylation is 1. The van der Waals surface area contributed by atoms with Crippen LogP contribution in [0.25, 0.3) is 0 Å². The van der Waals surface area contributed by atoms with Gasteiger partial charge in [-0.15, -0.1) is 0 Å². The number of nitrogens with zero attached hydrogens (tertiary/aromatic N) is 1. The molecule has 3 atom stereocenters. The molecule has 0 spiro atoms. The van der Waals surface area contributed by atoms with Gasteiger partial charge < -0.3 is 0 Å². The summed E-state index contributed by atoms with van der Waals surface area (Å²) in [4.78, 5) is 2.72. The molecule has 0 saturated carbocycles. The minimum atomic E-state index is -3.63. The lowest BCUT2D eigenvalue weighted by Crippen LogP contribution is -2.09. The monoisotopic (exact) mass is 373 g/mol. The average molecular weight is 374 g/mol. The van der Waals surface area contributed by atoms with Gasteiger partial charge in [-0.1, -0.05) is 48.0 Å². The molecule has 0 aromatic heterocycles. The first kappa shape index (κ1) is 19.1. The summed E-state index contributed by atoms with van der Waals surface area (Å²) in [5.74, 6) is 0. The molecule has 140 valence electrons. The highest BCUT2D eigenvalue weighted by Crippen LogP contribution is 2.34. The summed E-state index contributed by atoms with van der Waals surface area (Å²) in [6, 6.07) is 18.4. The van der Waals surface area contributed by atoms with Gasteiger partial charge in [0, 0.05) is 18.6 Å². The summed E-state index contributed by atoms with van der Waals surface area (Å²) in [7, 11) is -3.63. The van der Waals surface area contributed by atoms with Crippen LogP contribution in [0.2, 0.25) is 0 Å². The van der Waals surface area contributed by atoms with Gasteiger partial charge in [-0.05, 0) is 50.8 Å². The van der Waals surface area contributed by atoms with Crippen LogP contribution in [-0.2, 0) is 14.3 Å². The lowest BCUT2D eigenvalue weighted by molar-refractivity contribution is 0.303. The average Bonchev–Trinajstić information content (AvgIpc) is 3.41. The van der Waals surface area contributed by atoms with Crippen LogP contribution in [0.1, 0.15) is 43.4 Å². The predicted molar refractivity (Wildman–Crippen MR) is 104 cm³/mol. The molecule has 0 radical (unpaired) electrons. The smallest absolute Gasteiger partial charge is 0.291 e. The summed E-state index contributed by atoms with van der Waals surface area (Å²) >= 11 is 0. The van der Waals surface area contributed by atoms with Crippen molar-refractivity contribution < 1.29 is 12.6 Å². The second kappa shape index (κ2) is 8.33. The maximum atomic E-state index is 12.1. The fourth-order valence-electron chi connectivity index (χ4n) is 3.27. The van der Waals surface area contributed by atoms with Crippen molar-refractivity contribution in [1.82, 2.24) is 4.90 Å². The SMILES string of the molecule is Cc1ccc(S(=O)(=O)OCCCC[C@@H]2CN2[C@H](C)c2ccccc2)cc1. The molecule has 5 heteroatoms. The van der Waals surface area contributed by atoms with E-state index < -0.39 is 10.1 Å². The van der Waals surface area contributed by atoms with Gasteiger partial charge >= 0.3 is 0 Å². The first-order valence-corrected chi connectivity index (χ1v) is 10.6. The number of hydrogen-bond acceptors (Lipinski definition) is 4. The Morgan fingerprint density at radius 1 is 1.08 bits per heavy atom. The molecule has 3 rings (SSSR count). The van der Waals surface area contributed by atoms with Crippen LogP contribution in [0.3, 0.4) is 0 Å². The zero-order valence-electron chi connectivity index (χ0n) is 15.5. The van der Waals surface area contributed by atoms with E-state index in [1.54, 1.807) is 24.3 Å². The second-order valence-corrected chi connectivity index (χ2v) is 8.64. The van der Waals surface area contributed by atoms with Crippen molar-refractivity contribution in [1.29, 1.82) is 0 Å². The number of benzene rings is 2. The molecule has 0 N–H and O–H groups in total. The van der Waals surface area contributed by atoms with Crippen LogP contribution in [0.15, 0.2) is 59.5 Å². The van der Waals surface area contributed by atoms with E-state index in [2.05, 4.69) is 36.1 Å². The Morgan fingerprint density at radius 2 is 1.77 bits per heavy atom. The minimum absolute atomic E-state index is 0.230. The van der Waals surface area contributed by atoms with E-state index in [0.717, 1.165) is 31.4 Å². The van der Waals surface area contributed by atoms with Crippen LogP contribution >= 0.6 is 0 Å². The maximum Gasteiger partial charge on any atom is 0.296 e. The van der Waals surface area contributed by atoms with E-state index in [-0.39, 0.29) is 11.5 Å². The summed E-state index contributed by atoms with van der Waals surface area (Å²) in [5, 5.41) is 0. The summed E-state index contributed by atoms with van der Waals surface area (Å²) in [5.41, 5.74) is 2.38. The van der Waals surface area contributed by atoms with E-state index in [1.807, 2.05) is 13.0 Å². The molecule has 1 aliphatic rings. The molecule has 2 aromatic rings. The third kappa shape index (κ3) is 4.93. The first-order valence-electron chi connectivity index (χ1n) is 9.24. The Kier molecular flexibility index (Phi) is 6.12. The van der Waals surface area contributed by atoms with Gasteiger partial charge in [0.2, 0.25) is 0 Å². The van der Waals surface area contributed by atoms with Crippen LogP contribution in [0, 0.1) is 6.92 Å². The predicted octanol–water partition coefficient (Wildman–Crippen LogP) is 4.32. The Bertz CT molecular complexity index is 803. The van der Waals surface area contributed by atoms with Gasteiger partial charge in [-0.25, -0.2) is 0 Å². The zero-order chi connectivity index (χ0) is 18.6. The van der Waals surface area contributed by atoms with E-state index in [9.17, 15) is 8.42 Å². The maximum absolute atomic E-state index is 12.1. The fourth-order valence-corrected chi connectivity index (χ4v) is 4.22. The number of hydrogen-bond donors (Lipinski definition) is 0. The van der Waals surface area contributed by atoms with Gasteiger partial charge in [0.15, 0.2) is 0 Å². The third-order valence-electron chi connectivity index (χ3n) is 5.02. The highest BCUT2D eigenvalue weighted by atomic mass is 32.2.